The Kier molecular flexibility index (Phi) is 4.89. The van der Waals surface area contributed by atoms with Crippen molar-refractivity contribution in [3.05, 3.63) is 34.9 Å². The molecule has 1 saturated carbocycles. The van der Waals surface area contributed by atoms with Gasteiger partial charge in [0.1, 0.15) is 0 Å². The standard InChI is InChI=1S/C20H22N2O6/c23-17(21-8-9-28-16(11-21)20(26)27)12-6-7-14-15(10-12)19(25)22(18(14)24)13-4-2-1-3-5-13/h6-7,10,13,16H,1-5,8-9,11H2,(H,26,27). The molecule has 0 bridgehead atoms. The zero-order valence-corrected chi connectivity index (χ0v) is 15.4. The quantitative estimate of drug-likeness (QED) is 0.791. The highest BCUT2D eigenvalue weighted by atomic mass is 16.5. The van der Waals surface area contributed by atoms with E-state index in [1.54, 1.807) is 0 Å². The number of carbonyl (C=O) groups is 4. The van der Waals surface area contributed by atoms with Crippen LogP contribution in [0.3, 0.4) is 0 Å². The molecule has 1 aliphatic carbocycles. The molecule has 2 fully saturated rings. The molecule has 1 unspecified atom stereocenters. The summed E-state index contributed by atoms with van der Waals surface area (Å²) < 4.78 is 5.14. The summed E-state index contributed by atoms with van der Waals surface area (Å²) in [5.74, 6) is -2.11. The van der Waals surface area contributed by atoms with Crippen LogP contribution in [-0.2, 0) is 9.53 Å². The van der Waals surface area contributed by atoms with Crippen LogP contribution in [-0.4, -0.2) is 70.4 Å². The fourth-order valence-corrected chi connectivity index (χ4v) is 4.23. The molecule has 2 aliphatic heterocycles. The minimum absolute atomic E-state index is 0.0493. The average molecular weight is 386 g/mol. The SMILES string of the molecule is O=C(O)C1CN(C(=O)c2ccc3c(c2)C(=O)N(C2CCCCC2)C3=O)CCO1. The Morgan fingerprint density at radius 3 is 2.46 bits per heavy atom. The van der Waals surface area contributed by atoms with Crippen LogP contribution in [0.5, 0.6) is 0 Å². The maximum atomic E-state index is 12.9. The van der Waals surface area contributed by atoms with Crippen LogP contribution in [0.1, 0.15) is 63.2 Å². The first-order valence-electron chi connectivity index (χ1n) is 9.63. The zero-order valence-electron chi connectivity index (χ0n) is 15.4. The van der Waals surface area contributed by atoms with Crippen molar-refractivity contribution in [2.45, 2.75) is 44.2 Å². The molecule has 3 aliphatic rings. The van der Waals surface area contributed by atoms with E-state index in [4.69, 9.17) is 9.84 Å². The molecule has 1 aromatic carbocycles. The van der Waals surface area contributed by atoms with Gasteiger partial charge in [-0.1, -0.05) is 19.3 Å². The van der Waals surface area contributed by atoms with Crippen LogP contribution in [0.15, 0.2) is 18.2 Å². The van der Waals surface area contributed by atoms with E-state index in [-0.39, 0.29) is 54.6 Å². The number of benzene rings is 1. The molecule has 28 heavy (non-hydrogen) atoms. The Labute approximate surface area is 162 Å². The summed E-state index contributed by atoms with van der Waals surface area (Å²) in [5.41, 5.74) is 0.860. The van der Waals surface area contributed by atoms with Gasteiger partial charge in [0, 0.05) is 18.2 Å². The molecule has 0 spiro atoms. The summed E-state index contributed by atoms with van der Waals surface area (Å²) >= 11 is 0. The summed E-state index contributed by atoms with van der Waals surface area (Å²) in [7, 11) is 0. The number of nitrogens with zero attached hydrogens (tertiary/aromatic N) is 2. The van der Waals surface area contributed by atoms with Crippen LogP contribution in [0.4, 0.5) is 0 Å². The van der Waals surface area contributed by atoms with Crippen molar-refractivity contribution in [2.24, 2.45) is 0 Å². The third-order valence-electron chi connectivity index (χ3n) is 5.73. The normalized spacial score (nSPS) is 23.1. The van der Waals surface area contributed by atoms with Gasteiger partial charge in [-0.3, -0.25) is 19.3 Å². The van der Waals surface area contributed by atoms with Crippen molar-refractivity contribution < 1.29 is 29.0 Å². The predicted octanol–water partition coefficient (Wildman–Crippen LogP) is 1.54. The van der Waals surface area contributed by atoms with Crippen molar-refractivity contribution in [2.75, 3.05) is 19.7 Å². The van der Waals surface area contributed by atoms with Gasteiger partial charge in [-0.2, -0.15) is 0 Å². The number of ether oxygens (including phenoxy) is 1. The van der Waals surface area contributed by atoms with Gasteiger partial charge in [0.25, 0.3) is 17.7 Å². The summed E-state index contributed by atoms with van der Waals surface area (Å²) in [6.45, 7) is 0.369. The van der Waals surface area contributed by atoms with E-state index >= 15 is 0 Å². The monoisotopic (exact) mass is 386 g/mol. The average Bonchev–Trinajstić information content (AvgIpc) is 2.98. The van der Waals surface area contributed by atoms with Crippen LogP contribution >= 0.6 is 0 Å². The maximum Gasteiger partial charge on any atom is 0.334 e. The van der Waals surface area contributed by atoms with E-state index in [9.17, 15) is 19.2 Å². The van der Waals surface area contributed by atoms with Crippen molar-refractivity contribution >= 4 is 23.7 Å². The number of hydrogen-bond acceptors (Lipinski definition) is 5. The molecule has 1 saturated heterocycles. The third-order valence-corrected chi connectivity index (χ3v) is 5.73. The highest BCUT2D eigenvalue weighted by Gasteiger charge is 2.41. The number of rotatable bonds is 3. The van der Waals surface area contributed by atoms with Crippen molar-refractivity contribution in [1.82, 2.24) is 9.80 Å². The molecule has 8 nitrogen and oxygen atoms in total. The van der Waals surface area contributed by atoms with Crippen LogP contribution in [0.2, 0.25) is 0 Å². The molecule has 1 N–H and O–H groups in total. The second-order valence-electron chi connectivity index (χ2n) is 7.48. The van der Waals surface area contributed by atoms with Crippen LogP contribution in [0.25, 0.3) is 0 Å². The van der Waals surface area contributed by atoms with Gasteiger partial charge < -0.3 is 14.7 Å². The second-order valence-corrected chi connectivity index (χ2v) is 7.48. The first-order valence-corrected chi connectivity index (χ1v) is 9.63. The van der Waals surface area contributed by atoms with Gasteiger partial charge >= 0.3 is 5.97 Å². The van der Waals surface area contributed by atoms with Crippen LogP contribution < -0.4 is 0 Å². The molecular formula is C20H22N2O6. The number of imide groups is 1. The number of carboxylic acids is 1. The fraction of sp³-hybridized carbons (Fsp3) is 0.500. The third kappa shape index (κ3) is 3.17. The number of carbonyl (C=O) groups excluding carboxylic acids is 3. The summed E-state index contributed by atoms with van der Waals surface area (Å²) in [5, 5.41) is 9.10. The van der Waals surface area contributed by atoms with E-state index in [1.807, 2.05) is 0 Å². The van der Waals surface area contributed by atoms with Crippen molar-refractivity contribution in [3.63, 3.8) is 0 Å². The number of aliphatic carboxylic acids is 1. The molecule has 4 rings (SSSR count). The lowest BCUT2D eigenvalue weighted by molar-refractivity contribution is -0.154. The van der Waals surface area contributed by atoms with E-state index in [1.165, 1.54) is 28.0 Å². The molecule has 148 valence electrons. The highest BCUT2D eigenvalue weighted by molar-refractivity contribution is 6.22. The van der Waals surface area contributed by atoms with E-state index < -0.39 is 12.1 Å². The summed E-state index contributed by atoms with van der Waals surface area (Å²) in [4.78, 5) is 52.3. The molecular weight excluding hydrogens is 364 g/mol. The molecule has 3 amide bonds. The molecule has 1 aromatic rings. The van der Waals surface area contributed by atoms with Gasteiger partial charge in [0.05, 0.1) is 24.3 Å². The van der Waals surface area contributed by atoms with E-state index in [0.717, 1.165) is 32.1 Å². The molecule has 8 heteroatoms. The minimum Gasteiger partial charge on any atom is -0.479 e. The number of fused-ring (bicyclic) bond motifs is 1. The lowest BCUT2D eigenvalue weighted by Gasteiger charge is -2.31. The topological polar surface area (TPSA) is 104 Å². The van der Waals surface area contributed by atoms with Gasteiger partial charge in [-0.15, -0.1) is 0 Å². The number of morpholine rings is 1. The highest BCUT2D eigenvalue weighted by Crippen LogP contribution is 2.31. The summed E-state index contributed by atoms with van der Waals surface area (Å²) in [6, 6.07) is 4.45. The van der Waals surface area contributed by atoms with Gasteiger partial charge in [-0.25, -0.2) is 4.79 Å². The number of hydrogen-bond donors (Lipinski definition) is 1. The van der Waals surface area contributed by atoms with E-state index in [0.29, 0.717) is 5.56 Å². The first kappa shape index (κ1) is 18.6. The Hall–Kier alpha value is -2.74. The van der Waals surface area contributed by atoms with Crippen molar-refractivity contribution in [1.29, 1.82) is 0 Å². The molecule has 0 radical (unpaired) electrons. The molecule has 2 heterocycles. The van der Waals surface area contributed by atoms with Crippen LogP contribution in [0, 0.1) is 0 Å². The maximum absolute atomic E-state index is 12.9. The van der Waals surface area contributed by atoms with Crippen molar-refractivity contribution in [3.8, 4) is 0 Å². The fourth-order valence-electron chi connectivity index (χ4n) is 4.23. The van der Waals surface area contributed by atoms with Gasteiger partial charge in [-0.05, 0) is 31.0 Å². The molecule has 0 aromatic heterocycles. The first-order chi connectivity index (χ1) is 13.5. The Morgan fingerprint density at radius 1 is 1.04 bits per heavy atom. The zero-order chi connectivity index (χ0) is 19.8. The van der Waals surface area contributed by atoms with Gasteiger partial charge in [0.15, 0.2) is 6.10 Å². The predicted molar refractivity (Wildman–Crippen MR) is 97.1 cm³/mol. The Morgan fingerprint density at radius 2 is 1.75 bits per heavy atom. The largest absolute Gasteiger partial charge is 0.479 e. The molecule has 1 atom stereocenters. The lowest BCUT2D eigenvalue weighted by Crippen LogP contribution is -2.48. The Bertz CT molecular complexity index is 845. The lowest BCUT2D eigenvalue weighted by atomic mass is 9.94. The number of amides is 3. The smallest absolute Gasteiger partial charge is 0.334 e. The van der Waals surface area contributed by atoms with Gasteiger partial charge in [0.2, 0.25) is 0 Å². The Balaban J connectivity index is 1.56. The minimum atomic E-state index is -1.12. The number of carboxylic acid groups (broad SMARTS) is 1. The van der Waals surface area contributed by atoms with E-state index in [2.05, 4.69) is 0 Å². The summed E-state index contributed by atoms with van der Waals surface area (Å²) in [6.07, 6.45) is 3.71. The second kappa shape index (κ2) is 7.35.